The number of ether oxygens (including phenoxy) is 1. The van der Waals surface area contributed by atoms with Crippen LogP contribution in [0.4, 0.5) is 4.39 Å². The number of benzene rings is 2. The minimum atomic E-state index is -0.192. The molecule has 1 saturated carbocycles. The van der Waals surface area contributed by atoms with E-state index in [2.05, 4.69) is 41.2 Å². The number of piperidine rings is 1. The van der Waals surface area contributed by atoms with E-state index in [1.54, 1.807) is 19.2 Å². The molecule has 2 aliphatic rings. The number of rotatable bonds is 8. The largest absolute Gasteiger partial charge is 0.495 e. The predicted octanol–water partition coefficient (Wildman–Crippen LogP) is 7.12. The fourth-order valence-corrected chi connectivity index (χ4v) is 5.76. The van der Waals surface area contributed by atoms with Gasteiger partial charge in [0.25, 0.3) is 0 Å². The number of aryl methyl sites for hydroxylation is 1. The van der Waals surface area contributed by atoms with Crippen LogP contribution in [0.3, 0.4) is 0 Å². The molecule has 4 nitrogen and oxygen atoms in total. The summed E-state index contributed by atoms with van der Waals surface area (Å²) in [4.78, 5) is 6.88. The minimum absolute atomic E-state index is 0.192. The van der Waals surface area contributed by atoms with Gasteiger partial charge in [0.05, 0.1) is 30.9 Å². The fraction of sp³-hybridized carbons (Fsp3) is 0.367. The molecule has 4 unspecified atom stereocenters. The lowest BCUT2D eigenvalue weighted by molar-refractivity contribution is 0.117. The SMILES string of the molecule is C=CCC1CCCC(c2ccc(F)cc2)N1C(=C)C1CC1c1ccc(-n2cnc(C)c2)c(OC)c1. The van der Waals surface area contributed by atoms with Crippen LogP contribution in [0.1, 0.15) is 60.9 Å². The van der Waals surface area contributed by atoms with E-state index in [4.69, 9.17) is 4.74 Å². The minimum Gasteiger partial charge on any atom is -0.495 e. The van der Waals surface area contributed by atoms with E-state index in [0.29, 0.717) is 17.9 Å². The van der Waals surface area contributed by atoms with E-state index in [-0.39, 0.29) is 11.9 Å². The Hall–Kier alpha value is -3.34. The van der Waals surface area contributed by atoms with Crippen molar-refractivity contribution in [1.29, 1.82) is 0 Å². The highest BCUT2D eigenvalue weighted by molar-refractivity contribution is 5.51. The molecule has 0 amide bonds. The van der Waals surface area contributed by atoms with Gasteiger partial charge in [0.15, 0.2) is 0 Å². The summed E-state index contributed by atoms with van der Waals surface area (Å²) in [6.45, 7) is 10.6. The lowest BCUT2D eigenvalue weighted by Gasteiger charge is -2.45. The molecule has 0 N–H and O–H groups in total. The van der Waals surface area contributed by atoms with Crippen LogP contribution in [0.5, 0.6) is 5.75 Å². The van der Waals surface area contributed by atoms with Gasteiger partial charge in [0.2, 0.25) is 0 Å². The van der Waals surface area contributed by atoms with Crippen molar-refractivity contribution in [3.05, 3.63) is 103 Å². The van der Waals surface area contributed by atoms with Crippen LogP contribution in [0.25, 0.3) is 5.69 Å². The summed E-state index contributed by atoms with van der Waals surface area (Å²) in [7, 11) is 1.72. The van der Waals surface area contributed by atoms with Crippen molar-refractivity contribution in [1.82, 2.24) is 14.5 Å². The van der Waals surface area contributed by atoms with Gasteiger partial charge in [-0.1, -0.05) is 30.9 Å². The summed E-state index contributed by atoms with van der Waals surface area (Å²) in [5, 5.41) is 0. The van der Waals surface area contributed by atoms with Crippen LogP contribution in [-0.4, -0.2) is 27.6 Å². The molecule has 3 aromatic rings. The highest BCUT2D eigenvalue weighted by Gasteiger charge is 2.45. The number of likely N-dealkylation sites (tertiary alicyclic amines) is 1. The first-order chi connectivity index (χ1) is 17.0. The zero-order chi connectivity index (χ0) is 24.5. The number of hydrogen-bond acceptors (Lipinski definition) is 3. The van der Waals surface area contributed by atoms with E-state index < -0.39 is 0 Å². The zero-order valence-corrected chi connectivity index (χ0v) is 20.7. The molecule has 35 heavy (non-hydrogen) atoms. The number of halogens is 1. The average Bonchev–Trinajstić information content (AvgIpc) is 3.56. The second-order valence-corrected chi connectivity index (χ2v) is 9.88. The van der Waals surface area contributed by atoms with Crippen molar-refractivity contribution < 1.29 is 9.13 Å². The third-order valence-corrected chi connectivity index (χ3v) is 7.61. The van der Waals surface area contributed by atoms with Crippen LogP contribution in [0.2, 0.25) is 0 Å². The van der Waals surface area contributed by atoms with Crippen molar-refractivity contribution in [3.63, 3.8) is 0 Å². The average molecular weight is 472 g/mol. The van der Waals surface area contributed by atoms with Crippen molar-refractivity contribution in [2.24, 2.45) is 5.92 Å². The predicted molar refractivity (Wildman–Crippen MR) is 138 cm³/mol. The van der Waals surface area contributed by atoms with Crippen LogP contribution >= 0.6 is 0 Å². The number of aromatic nitrogens is 2. The molecule has 0 spiro atoms. The number of allylic oxidation sites excluding steroid dienone is 1. The summed E-state index contributed by atoms with van der Waals surface area (Å²) < 4.78 is 21.4. The van der Waals surface area contributed by atoms with Crippen molar-refractivity contribution in [2.75, 3.05) is 7.11 Å². The molecule has 1 aromatic heterocycles. The Kier molecular flexibility index (Phi) is 6.50. The van der Waals surface area contributed by atoms with Crippen LogP contribution < -0.4 is 4.74 Å². The molecule has 1 aliphatic carbocycles. The summed E-state index contributed by atoms with van der Waals surface area (Å²) >= 11 is 0. The molecule has 5 rings (SSSR count). The molecule has 0 radical (unpaired) electrons. The Morgan fingerprint density at radius 1 is 1.17 bits per heavy atom. The van der Waals surface area contributed by atoms with E-state index in [1.165, 1.54) is 16.8 Å². The third kappa shape index (κ3) is 4.64. The van der Waals surface area contributed by atoms with Crippen molar-refractivity contribution >= 4 is 0 Å². The first-order valence-corrected chi connectivity index (χ1v) is 12.5. The Balaban J connectivity index is 1.39. The number of nitrogens with zero attached hydrogens (tertiary/aromatic N) is 3. The van der Waals surface area contributed by atoms with Gasteiger partial charge in [-0.3, -0.25) is 0 Å². The van der Waals surface area contributed by atoms with Gasteiger partial charge in [-0.25, -0.2) is 9.37 Å². The molecule has 1 saturated heterocycles. The van der Waals surface area contributed by atoms with Gasteiger partial charge >= 0.3 is 0 Å². The molecule has 0 bridgehead atoms. The van der Waals surface area contributed by atoms with Gasteiger partial charge in [0.1, 0.15) is 11.6 Å². The highest BCUT2D eigenvalue weighted by Crippen LogP contribution is 2.55. The fourth-order valence-electron chi connectivity index (χ4n) is 5.76. The Morgan fingerprint density at radius 3 is 2.63 bits per heavy atom. The Bertz CT molecular complexity index is 1210. The standard InChI is InChI=1S/C30H34FN3O/c1-5-7-25-8-6-9-28(22-10-13-24(31)14-11-22)34(25)21(3)26-17-27(26)23-12-15-29(30(16-23)35-4)33-18-20(2)32-19-33/h5,10-16,18-19,25-28H,1,3,6-9,17H2,2,4H3. The number of imidazole rings is 1. The summed E-state index contributed by atoms with van der Waals surface area (Å²) in [5.41, 5.74) is 5.61. The molecule has 4 atom stereocenters. The monoisotopic (exact) mass is 471 g/mol. The van der Waals surface area contributed by atoms with E-state index >= 15 is 0 Å². The van der Waals surface area contributed by atoms with Gasteiger partial charge in [-0.2, -0.15) is 0 Å². The molecule has 5 heteroatoms. The maximum Gasteiger partial charge on any atom is 0.143 e. The molecular formula is C30H34FN3O. The van der Waals surface area contributed by atoms with Gasteiger partial charge in [0, 0.05) is 23.9 Å². The maximum atomic E-state index is 13.6. The molecule has 1 aliphatic heterocycles. The van der Waals surface area contributed by atoms with Gasteiger partial charge in [-0.05, 0) is 80.3 Å². The van der Waals surface area contributed by atoms with Crippen molar-refractivity contribution in [2.45, 2.75) is 57.0 Å². The van der Waals surface area contributed by atoms with Crippen LogP contribution in [0.15, 0.2) is 79.9 Å². The molecule has 2 heterocycles. The van der Waals surface area contributed by atoms with Crippen LogP contribution in [-0.2, 0) is 0 Å². The molecule has 182 valence electrons. The summed E-state index contributed by atoms with van der Waals surface area (Å²) in [5.74, 6) is 1.48. The van der Waals surface area contributed by atoms with E-state index in [0.717, 1.165) is 49.2 Å². The number of hydrogen-bond donors (Lipinski definition) is 0. The Morgan fingerprint density at radius 2 is 1.94 bits per heavy atom. The summed E-state index contributed by atoms with van der Waals surface area (Å²) in [6.07, 6.45) is 11.2. The van der Waals surface area contributed by atoms with E-state index in [1.807, 2.05) is 42.2 Å². The second kappa shape index (κ2) is 9.73. The Labute approximate surface area is 207 Å². The third-order valence-electron chi connectivity index (χ3n) is 7.61. The lowest BCUT2D eigenvalue weighted by Crippen LogP contribution is -2.41. The molecule has 2 aromatic carbocycles. The smallest absolute Gasteiger partial charge is 0.143 e. The van der Waals surface area contributed by atoms with Gasteiger partial charge < -0.3 is 14.2 Å². The summed E-state index contributed by atoms with van der Waals surface area (Å²) in [6, 6.07) is 14.1. The number of methoxy groups -OCH3 is 1. The topological polar surface area (TPSA) is 30.3 Å². The first-order valence-electron chi connectivity index (χ1n) is 12.5. The van der Waals surface area contributed by atoms with Crippen LogP contribution in [0, 0.1) is 18.7 Å². The van der Waals surface area contributed by atoms with Gasteiger partial charge in [-0.15, -0.1) is 6.58 Å². The second-order valence-electron chi connectivity index (χ2n) is 9.88. The van der Waals surface area contributed by atoms with Crippen molar-refractivity contribution in [3.8, 4) is 11.4 Å². The lowest BCUT2D eigenvalue weighted by atomic mass is 9.88. The maximum absolute atomic E-state index is 13.6. The normalized spacial score (nSPS) is 23.7. The molecule has 2 fully saturated rings. The zero-order valence-electron chi connectivity index (χ0n) is 20.7. The first kappa shape index (κ1) is 23.4. The quantitative estimate of drug-likeness (QED) is 0.328. The molecular weight excluding hydrogens is 437 g/mol. The van der Waals surface area contributed by atoms with E-state index in [9.17, 15) is 4.39 Å². The highest BCUT2D eigenvalue weighted by atomic mass is 19.1.